The van der Waals surface area contributed by atoms with Crippen molar-refractivity contribution in [2.45, 2.75) is 81.5 Å². The van der Waals surface area contributed by atoms with Crippen LogP contribution in [0.1, 0.15) is 61.9 Å². The van der Waals surface area contributed by atoms with Crippen LogP contribution in [0.4, 0.5) is 13.2 Å². The number of piperidine rings is 1. The number of amides is 2. The second kappa shape index (κ2) is 10.5. The number of aromatic nitrogens is 3. The SMILES string of the molecule is COc1cc(-c2cc(C(=O)N3C4CCC3CC(C(=O)NC3CCC(OC)(C(F)F)CC3)C4)[nH]n2)c(F)cn1. The zero-order chi connectivity index (χ0) is 27.0. The second-order valence-corrected chi connectivity index (χ2v) is 10.5. The molecule has 2 saturated heterocycles. The van der Waals surface area contributed by atoms with Crippen LogP contribution in [0.3, 0.4) is 0 Å². The number of H-pyrrole nitrogens is 1. The van der Waals surface area contributed by atoms with E-state index in [0.29, 0.717) is 25.7 Å². The number of pyridine rings is 1. The standard InChI is InChI=1S/C26H32F3N5O4/c1-37-22-11-18(19(27)13-30-22)20-12-21(33-32-20)24(36)34-16-3-4-17(34)10-14(9-16)23(35)31-15-5-7-26(38-2,8-6-15)25(28)29/h11-17,25H,3-10H2,1-2H3,(H,31,35)(H,32,33). The van der Waals surface area contributed by atoms with Gasteiger partial charge in [-0.05, 0) is 57.4 Å². The quantitative estimate of drug-likeness (QED) is 0.560. The van der Waals surface area contributed by atoms with Crippen LogP contribution in [-0.4, -0.2) is 76.3 Å². The Hall–Kier alpha value is -3.15. The van der Waals surface area contributed by atoms with E-state index < -0.39 is 17.8 Å². The van der Waals surface area contributed by atoms with E-state index in [0.717, 1.165) is 19.0 Å². The highest BCUT2D eigenvalue weighted by molar-refractivity contribution is 5.94. The number of alkyl halides is 2. The number of carbonyl (C=O) groups is 2. The van der Waals surface area contributed by atoms with Gasteiger partial charge in [-0.1, -0.05) is 0 Å². The molecule has 0 spiro atoms. The molecule has 4 heterocycles. The van der Waals surface area contributed by atoms with Crippen molar-refractivity contribution in [3.8, 4) is 17.1 Å². The highest BCUT2D eigenvalue weighted by Gasteiger charge is 2.47. The van der Waals surface area contributed by atoms with E-state index in [1.165, 1.54) is 26.4 Å². The number of fused-ring (bicyclic) bond motifs is 2. The molecule has 2 amide bonds. The van der Waals surface area contributed by atoms with Crippen LogP contribution in [0.2, 0.25) is 0 Å². The summed E-state index contributed by atoms with van der Waals surface area (Å²) in [6, 6.07) is 2.60. The van der Waals surface area contributed by atoms with Gasteiger partial charge in [0.15, 0.2) is 5.82 Å². The summed E-state index contributed by atoms with van der Waals surface area (Å²) in [5.41, 5.74) is -0.735. The molecular weight excluding hydrogens is 503 g/mol. The van der Waals surface area contributed by atoms with Gasteiger partial charge >= 0.3 is 0 Å². The molecule has 5 rings (SSSR count). The molecule has 206 valence electrons. The van der Waals surface area contributed by atoms with E-state index in [9.17, 15) is 22.8 Å². The van der Waals surface area contributed by atoms with Crippen LogP contribution >= 0.6 is 0 Å². The van der Waals surface area contributed by atoms with Crippen LogP contribution in [0.15, 0.2) is 18.3 Å². The van der Waals surface area contributed by atoms with Crippen LogP contribution in [0, 0.1) is 11.7 Å². The third-order valence-electron chi connectivity index (χ3n) is 8.44. The van der Waals surface area contributed by atoms with Crippen molar-refractivity contribution in [3.05, 3.63) is 29.8 Å². The molecule has 9 nitrogen and oxygen atoms in total. The van der Waals surface area contributed by atoms with Gasteiger partial charge < -0.3 is 19.7 Å². The summed E-state index contributed by atoms with van der Waals surface area (Å²) in [7, 11) is 2.74. The monoisotopic (exact) mass is 535 g/mol. The molecule has 2 aromatic heterocycles. The lowest BCUT2D eigenvalue weighted by Crippen LogP contribution is -2.52. The largest absolute Gasteiger partial charge is 0.481 e. The lowest BCUT2D eigenvalue weighted by atomic mass is 9.81. The van der Waals surface area contributed by atoms with E-state index in [1.54, 1.807) is 0 Å². The number of hydrogen-bond donors (Lipinski definition) is 2. The molecule has 2 aromatic rings. The molecule has 2 atom stereocenters. The summed E-state index contributed by atoms with van der Waals surface area (Å²) in [5.74, 6) is -0.894. The Labute approximate surface area is 218 Å². The lowest BCUT2D eigenvalue weighted by Gasteiger charge is -2.40. The van der Waals surface area contributed by atoms with Crippen molar-refractivity contribution in [2.75, 3.05) is 14.2 Å². The summed E-state index contributed by atoms with van der Waals surface area (Å²) in [6.07, 6.45) is 2.45. The fourth-order valence-corrected chi connectivity index (χ4v) is 6.24. The molecule has 0 radical (unpaired) electrons. The third kappa shape index (κ3) is 4.85. The van der Waals surface area contributed by atoms with Crippen LogP contribution < -0.4 is 10.1 Å². The number of rotatable bonds is 7. The minimum atomic E-state index is -2.56. The summed E-state index contributed by atoms with van der Waals surface area (Å²) in [6.45, 7) is 0. The Kier molecular flexibility index (Phi) is 7.34. The molecule has 2 bridgehead atoms. The van der Waals surface area contributed by atoms with E-state index in [4.69, 9.17) is 9.47 Å². The average Bonchev–Trinajstić information content (AvgIpc) is 3.51. The Balaban J connectivity index is 1.20. The molecule has 2 unspecified atom stereocenters. The smallest absolute Gasteiger partial charge is 0.272 e. The number of carbonyl (C=O) groups excluding carboxylic acids is 2. The maximum Gasteiger partial charge on any atom is 0.272 e. The van der Waals surface area contributed by atoms with Gasteiger partial charge in [-0.15, -0.1) is 0 Å². The van der Waals surface area contributed by atoms with Crippen LogP contribution in [0.5, 0.6) is 5.88 Å². The fourth-order valence-electron chi connectivity index (χ4n) is 6.24. The molecular formula is C26H32F3N5O4. The van der Waals surface area contributed by atoms with Gasteiger partial charge in [-0.2, -0.15) is 5.10 Å². The molecule has 1 saturated carbocycles. The minimum Gasteiger partial charge on any atom is -0.481 e. The van der Waals surface area contributed by atoms with Crippen LogP contribution in [0.25, 0.3) is 11.3 Å². The predicted molar refractivity (Wildman–Crippen MR) is 130 cm³/mol. The molecule has 3 aliphatic rings. The Bertz CT molecular complexity index is 1170. The number of nitrogens with one attached hydrogen (secondary N) is 2. The number of hydrogen-bond acceptors (Lipinski definition) is 6. The van der Waals surface area contributed by atoms with Gasteiger partial charge in [0.1, 0.15) is 11.3 Å². The first-order chi connectivity index (χ1) is 18.2. The third-order valence-corrected chi connectivity index (χ3v) is 8.44. The maximum absolute atomic E-state index is 14.3. The summed E-state index contributed by atoms with van der Waals surface area (Å²) in [5, 5.41) is 9.92. The van der Waals surface area contributed by atoms with E-state index in [-0.39, 0.29) is 71.5 Å². The van der Waals surface area contributed by atoms with E-state index in [2.05, 4.69) is 20.5 Å². The number of ether oxygens (including phenoxy) is 2. The summed E-state index contributed by atoms with van der Waals surface area (Å²) >= 11 is 0. The predicted octanol–water partition coefficient (Wildman–Crippen LogP) is 3.71. The molecule has 38 heavy (non-hydrogen) atoms. The number of methoxy groups -OCH3 is 2. The number of halogens is 3. The van der Waals surface area contributed by atoms with Crippen molar-refractivity contribution in [3.63, 3.8) is 0 Å². The summed E-state index contributed by atoms with van der Waals surface area (Å²) in [4.78, 5) is 32.1. The molecule has 2 N–H and O–H groups in total. The van der Waals surface area contributed by atoms with Crippen molar-refractivity contribution >= 4 is 11.8 Å². The average molecular weight is 536 g/mol. The normalized spacial score (nSPS) is 28.9. The lowest BCUT2D eigenvalue weighted by molar-refractivity contribution is -0.145. The molecule has 12 heteroatoms. The van der Waals surface area contributed by atoms with Gasteiger partial charge in [0, 0.05) is 42.8 Å². The number of nitrogens with zero attached hydrogens (tertiary/aromatic N) is 3. The van der Waals surface area contributed by atoms with E-state index in [1.807, 2.05) is 4.90 Å². The highest BCUT2D eigenvalue weighted by atomic mass is 19.3. The molecule has 1 aliphatic carbocycles. The zero-order valence-electron chi connectivity index (χ0n) is 21.4. The van der Waals surface area contributed by atoms with Gasteiger partial charge in [-0.25, -0.2) is 18.2 Å². The first-order valence-electron chi connectivity index (χ1n) is 13.0. The first kappa shape index (κ1) is 26.5. The fraction of sp³-hybridized carbons (Fsp3) is 0.615. The Morgan fingerprint density at radius 1 is 1.13 bits per heavy atom. The Morgan fingerprint density at radius 3 is 2.42 bits per heavy atom. The van der Waals surface area contributed by atoms with Crippen molar-refractivity contribution in [2.24, 2.45) is 5.92 Å². The first-order valence-corrected chi connectivity index (χ1v) is 13.0. The van der Waals surface area contributed by atoms with Gasteiger partial charge in [0.25, 0.3) is 12.3 Å². The van der Waals surface area contributed by atoms with Gasteiger partial charge in [0.05, 0.1) is 19.0 Å². The molecule has 0 aromatic carbocycles. The minimum absolute atomic E-state index is 0.0769. The maximum atomic E-state index is 14.3. The van der Waals surface area contributed by atoms with Crippen molar-refractivity contribution in [1.82, 2.24) is 25.4 Å². The zero-order valence-corrected chi connectivity index (χ0v) is 21.4. The van der Waals surface area contributed by atoms with Crippen molar-refractivity contribution in [1.29, 1.82) is 0 Å². The van der Waals surface area contributed by atoms with E-state index >= 15 is 0 Å². The Morgan fingerprint density at radius 2 is 1.82 bits per heavy atom. The molecule has 3 fully saturated rings. The van der Waals surface area contributed by atoms with Crippen molar-refractivity contribution < 1.29 is 32.2 Å². The van der Waals surface area contributed by atoms with Gasteiger partial charge in [-0.3, -0.25) is 14.7 Å². The van der Waals surface area contributed by atoms with Crippen LogP contribution in [-0.2, 0) is 9.53 Å². The van der Waals surface area contributed by atoms with Gasteiger partial charge in [0.2, 0.25) is 11.8 Å². The number of aromatic amines is 1. The summed E-state index contributed by atoms with van der Waals surface area (Å²) < 4.78 is 51.4. The second-order valence-electron chi connectivity index (χ2n) is 10.5. The topological polar surface area (TPSA) is 109 Å². The molecule has 2 aliphatic heterocycles. The highest BCUT2D eigenvalue weighted by Crippen LogP contribution is 2.41.